The Labute approximate surface area is 577 Å². The van der Waals surface area contributed by atoms with Gasteiger partial charge < -0.3 is 60.0 Å². The molecule has 1 spiro atoms. The number of amides is 12. The molecule has 0 bridgehead atoms. The number of carbonyl (C=O) groups excluding carboxylic acids is 12. The van der Waals surface area contributed by atoms with Crippen LogP contribution in [-0.4, -0.2) is 263 Å². The smallest absolute Gasteiger partial charge is 0.347 e. The van der Waals surface area contributed by atoms with Gasteiger partial charge in [-0.05, 0) is 114 Å². The maximum absolute atomic E-state index is 15.4. The van der Waals surface area contributed by atoms with Crippen LogP contribution in [0.4, 0.5) is 17.6 Å². The molecule has 12 amide bonds. The second kappa shape index (κ2) is 34.6. The van der Waals surface area contributed by atoms with E-state index in [1.807, 2.05) is 27.7 Å². The molecule has 0 aromatic carbocycles. The highest BCUT2D eigenvalue weighted by atomic mass is 19.4. The van der Waals surface area contributed by atoms with Crippen LogP contribution in [0.15, 0.2) is 0 Å². The third-order valence-electron chi connectivity index (χ3n) is 22.6. The predicted octanol–water partition coefficient (Wildman–Crippen LogP) is 5.29. The first-order valence-corrected chi connectivity index (χ1v) is 36.0. The van der Waals surface area contributed by atoms with Gasteiger partial charge in [-0.15, -0.1) is 0 Å². The van der Waals surface area contributed by atoms with Gasteiger partial charge in [0.2, 0.25) is 70.9 Å². The lowest BCUT2D eigenvalue weighted by molar-refractivity contribution is -0.201. The molecule has 28 heteroatoms. The van der Waals surface area contributed by atoms with Crippen molar-refractivity contribution >= 4 is 70.9 Å². The van der Waals surface area contributed by atoms with Gasteiger partial charge in [-0.1, -0.05) is 99.3 Å². The van der Waals surface area contributed by atoms with Crippen LogP contribution in [-0.2, 0) is 57.5 Å². The predicted molar refractivity (Wildman–Crippen MR) is 358 cm³/mol. The molecule has 0 aromatic heterocycles. The summed E-state index contributed by atoms with van der Waals surface area (Å²) < 4.78 is 56.8. The Hall–Kier alpha value is -6.64. The van der Waals surface area contributed by atoms with E-state index in [1.165, 1.54) is 97.6 Å². The van der Waals surface area contributed by atoms with Crippen LogP contribution in [0.2, 0.25) is 0 Å². The Kier molecular flexibility index (Phi) is 28.4. The normalized spacial score (nSPS) is 30.7. The first-order chi connectivity index (χ1) is 45.9. The number of nitrogens with one attached hydrogen (secondary N) is 3. The number of halogens is 4. The maximum atomic E-state index is 15.4. The Morgan fingerprint density at radius 1 is 0.612 bits per heavy atom. The van der Waals surface area contributed by atoms with Crippen LogP contribution < -0.4 is 16.0 Å². The number of nitrogens with zero attached hydrogens (tertiary/aromatic N) is 9. The Balaban J connectivity index is 1.42. The van der Waals surface area contributed by atoms with Gasteiger partial charge in [-0.25, -0.2) is 4.39 Å². The topological polar surface area (TPSA) is 270 Å². The second-order valence-electron chi connectivity index (χ2n) is 30.0. The van der Waals surface area contributed by atoms with Crippen LogP contribution in [0.25, 0.3) is 0 Å². The highest BCUT2D eigenvalue weighted by molar-refractivity contribution is 6.01. The lowest BCUT2D eigenvalue weighted by Gasteiger charge is -2.45. The lowest BCUT2D eigenvalue weighted by atomic mass is 9.78. The molecule has 0 radical (unpaired) electrons. The third kappa shape index (κ3) is 18.9. The monoisotopic (exact) mass is 1390 g/mol. The van der Waals surface area contributed by atoms with Crippen molar-refractivity contribution in [3.63, 3.8) is 0 Å². The van der Waals surface area contributed by atoms with Crippen LogP contribution in [0, 0.1) is 35.5 Å². The lowest BCUT2D eigenvalue weighted by Crippen LogP contribution is -2.65. The minimum absolute atomic E-state index is 0.00236. The molecule has 3 unspecified atom stereocenters. The van der Waals surface area contributed by atoms with E-state index in [0.29, 0.717) is 32.1 Å². The summed E-state index contributed by atoms with van der Waals surface area (Å²) in [6, 6.07) is -11.1. The first-order valence-electron chi connectivity index (χ1n) is 36.0. The van der Waals surface area contributed by atoms with Crippen LogP contribution in [0.3, 0.4) is 0 Å². The standard InChI is InChI=1S/C70H114F4N12O12/c1-16-42(5)57-66(96)80(11)44(7)61(91)86-35-31-51(86)65(95)82(13)53(38-45-24-19-18-20-25-45)64(94)79(10)40-55(87)75-49(30-28-46-27-29-47(48(71)37-46)70(72,73)74)62(92)85-34-23-26-50(85)60(90)77-69(32-21-22-33-69)68(98)84(15)58(43(6)17-2)67(97)83(14)54(63(93)78(8)9)39-56(88)81(12)52(36-41(3)4)59(89)76-57/h41-54,57-58H,16-40H2,1-15H3,(H,75,87)(H,76,89)(H,77,90)/t42-,43-,44-,46?,47?,48?,49-,50-,51-,52-,53-,54-,57-,58-/m0/s1. The molecule has 3 aliphatic carbocycles. The van der Waals surface area contributed by atoms with Gasteiger partial charge in [0.15, 0.2) is 0 Å². The summed E-state index contributed by atoms with van der Waals surface area (Å²) in [4.78, 5) is 190. The summed E-state index contributed by atoms with van der Waals surface area (Å²) >= 11 is 0. The summed E-state index contributed by atoms with van der Waals surface area (Å²) in [6.07, 6.45) is -1.21. The molecule has 3 N–H and O–H groups in total. The van der Waals surface area contributed by atoms with Crippen molar-refractivity contribution < 1.29 is 75.1 Å². The largest absolute Gasteiger partial charge is 0.394 e. The number of carbonyl (C=O) groups is 12. The van der Waals surface area contributed by atoms with Gasteiger partial charge >= 0.3 is 6.18 Å². The van der Waals surface area contributed by atoms with E-state index in [2.05, 4.69) is 16.0 Å². The van der Waals surface area contributed by atoms with E-state index in [4.69, 9.17) is 0 Å². The van der Waals surface area contributed by atoms with Gasteiger partial charge in [0.25, 0.3) is 0 Å². The molecule has 6 aliphatic rings. The third-order valence-corrected chi connectivity index (χ3v) is 22.6. The summed E-state index contributed by atoms with van der Waals surface area (Å²) in [6.45, 7) is 11.9. The number of rotatable bonds is 12. The second-order valence-corrected chi connectivity index (χ2v) is 30.0. The van der Waals surface area contributed by atoms with Crippen LogP contribution >= 0.6 is 0 Å². The fraction of sp³-hybridized carbons (Fsp3) is 0.829. The van der Waals surface area contributed by atoms with E-state index < -0.39 is 193 Å². The van der Waals surface area contributed by atoms with Gasteiger partial charge in [-0.3, -0.25) is 57.5 Å². The molecule has 6 rings (SSSR count). The zero-order valence-corrected chi connectivity index (χ0v) is 60.9. The molecule has 554 valence electrons. The molecular formula is C70H114F4N12O12. The quantitative estimate of drug-likeness (QED) is 0.211. The molecule has 3 heterocycles. The van der Waals surface area contributed by atoms with E-state index in [1.54, 1.807) is 13.8 Å². The number of fused-ring (bicyclic) bond motifs is 2. The summed E-state index contributed by atoms with van der Waals surface area (Å²) in [5.41, 5.74) is -1.59. The van der Waals surface area contributed by atoms with Gasteiger partial charge in [-0.2, -0.15) is 13.2 Å². The molecule has 0 aromatic rings. The van der Waals surface area contributed by atoms with Crippen molar-refractivity contribution in [3.8, 4) is 0 Å². The summed E-state index contributed by atoms with van der Waals surface area (Å²) in [5.74, 6) is -11.9. The average Bonchev–Trinajstić information content (AvgIpc) is 1.24. The number of likely N-dealkylation sites (N-methyl/N-ethyl adjacent to an activating group) is 7. The first kappa shape index (κ1) is 80.3. The molecule has 3 aliphatic heterocycles. The molecular weight excluding hydrogens is 1280 g/mol. The minimum Gasteiger partial charge on any atom is -0.347 e. The molecule has 98 heavy (non-hydrogen) atoms. The zero-order chi connectivity index (χ0) is 73.2. The van der Waals surface area contributed by atoms with Gasteiger partial charge in [0.1, 0.15) is 66.1 Å². The van der Waals surface area contributed by atoms with Crippen molar-refractivity contribution in [1.29, 1.82) is 0 Å². The number of alkyl halides is 4. The maximum Gasteiger partial charge on any atom is 0.394 e. The number of hydrogen-bond donors (Lipinski definition) is 3. The minimum atomic E-state index is -4.75. The Morgan fingerprint density at radius 2 is 1.23 bits per heavy atom. The molecule has 24 nitrogen and oxygen atoms in total. The van der Waals surface area contributed by atoms with Crippen molar-refractivity contribution in [2.24, 2.45) is 35.5 Å². The highest BCUT2D eigenvalue weighted by Gasteiger charge is 2.53. The van der Waals surface area contributed by atoms with Gasteiger partial charge in [0, 0.05) is 69.5 Å². The van der Waals surface area contributed by atoms with E-state index >= 15 is 23.6 Å². The zero-order valence-electron chi connectivity index (χ0n) is 60.9. The average molecular weight is 1390 g/mol. The van der Waals surface area contributed by atoms with Gasteiger partial charge in [0.05, 0.1) is 18.9 Å². The fourth-order valence-corrected chi connectivity index (χ4v) is 15.6. The van der Waals surface area contributed by atoms with E-state index in [9.17, 15) is 51.5 Å². The molecule has 3 saturated carbocycles. The van der Waals surface area contributed by atoms with E-state index in [-0.39, 0.29) is 82.7 Å². The van der Waals surface area contributed by atoms with Crippen molar-refractivity contribution in [3.05, 3.63) is 0 Å². The summed E-state index contributed by atoms with van der Waals surface area (Å²) in [5, 5.41) is 8.69. The molecule has 14 atom stereocenters. The fourth-order valence-electron chi connectivity index (χ4n) is 15.6. The van der Waals surface area contributed by atoms with E-state index in [0.717, 1.165) is 41.9 Å². The van der Waals surface area contributed by atoms with Crippen LogP contribution in [0.1, 0.15) is 190 Å². The molecule has 3 saturated heterocycles. The SMILES string of the molecule is CC[C@H](C)[C@@H]1NC(=O)[C@H](CC(C)C)N(C)C(=O)C[C@@H](C(=O)N(C)C)N(C)C(=O)[C@H]([C@@H](C)CC)N(C)C(=O)C2(CCCC2)NC(=O)[C@@H]2CCCN2C(=O)[C@H](CCC2CCC(C(F)(F)F)C(F)C2)NC(=O)CN(C)C(=O)[C@H](CC2CCCCC2)N(C)C(=O)[C@@H]2CCN2C(=O)[C@H](C)N(C)C1=O. The van der Waals surface area contributed by atoms with Crippen LogP contribution in [0.5, 0.6) is 0 Å². The molecule has 6 fully saturated rings. The number of hydrogen-bond acceptors (Lipinski definition) is 12. The highest BCUT2D eigenvalue weighted by Crippen LogP contribution is 2.43. The Morgan fingerprint density at radius 3 is 1.80 bits per heavy atom. The van der Waals surface area contributed by atoms with Crippen molar-refractivity contribution in [2.45, 2.75) is 262 Å². The van der Waals surface area contributed by atoms with Crippen molar-refractivity contribution in [2.75, 3.05) is 76.0 Å². The van der Waals surface area contributed by atoms with Crippen molar-refractivity contribution in [1.82, 2.24) is 60.0 Å². The Bertz CT molecular complexity index is 2870. The summed E-state index contributed by atoms with van der Waals surface area (Å²) in [7, 11) is 11.4.